The molecular weight excluding hydrogens is 242 g/mol. The van der Waals surface area contributed by atoms with Crippen molar-refractivity contribution in [3.05, 3.63) is 39.2 Å². The minimum absolute atomic E-state index is 0.0514. The summed E-state index contributed by atoms with van der Waals surface area (Å²) in [6, 6.07) is 7.36. The number of hydrogen-bond acceptors (Lipinski definition) is 3. The zero-order valence-corrected chi connectivity index (χ0v) is 10.5. The van der Waals surface area contributed by atoms with Gasteiger partial charge in [0, 0.05) is 17.5 Å². The van der Waals surface area contributed by atoms with Crippen LogP contribution in [0.2, 0.25) is 5.02 Å². The molecule has 0 aliphatic heterocycles. The van der Waals surface area contributed by atoms with Crippen LogP contribution >= 0.6 is 22.9 Å². The summed E-state index contributed by atoms with van der Waals surface area (Å²) in [5.41, 5.74) is 1.69. The molecule has 0 N–H and O–H groups in total. The molecule has 0 amide bonds. The SMILES string of the molecule is CC(=O)c1sc(C)nc1-c1ccc(Cl)cc1. The van der Waals surface area contributed by atoms with Crippen LogP contribution in [0.3, 0.4) is 0 Å². The van der Waals surface area contributed by atoms with Crippen molar-refractivity contribution in [3.8, 4) is 11.3 Å². The lowest BCUT2D eigenvalue weighted by Crippen LogP contribution is -1.91. The molecule has 0 radical (unpaired) electrons. The normalized spacial score (nSPS) is 10.4. The van der Waals surface area contributed by atoms with Crippen molar-refractivity contribution in [3.63, 3.8) is 0 Å². The van der Waals surface area contributed by atoms with Gasteiger partial charge in [0.25, 0.3) is 0 Å². The number of ketones is 1. The van der Waals surface area contributed by atoms with E-state index < -0.39 is 0 Å². The average Bonchev–Trinajstić information content (AvgIpc) is 2.61. The van der Waals surface area contributed by atoms with Gasteiger partial charge in [0.1, 0.15) is 0 Å². The van der Waals surface area contributed by atoms with Crippen LogP contribution in [0, 0.1) is 6.92 Å². The summed E-state index contributed by atoms with van der Waals surface area (Å²) >= 11 is 7.25. The fourth-order valence-corrected chi connectivity index (χ4v) is 2.43. The molecule has 0 spiro atoms. The van der Waals surface area contributed by atoms with Gasteiger partial charge in [-0.1, -0.05) is 23.7 Å². The zero-order chi connectivity index (χ0) is 11.7. The van der Waals surface area contributed by atoms with E-state index >= 15 is 0 Å². The summed E-state index contributed by atoms with van der Waals surface area (Å²) in [4.78, 5) is 16.6. The zero-order valence-electron chi connectivity index (χ0n) is 8.95. The predicted octanol–water partition coefficient (Wildman–Crippen LogP) is 3.97. The molecule has 0 saturated carbocycles. The Labute approximate surface area is 103 Å². The molecule has 0 aliphatic carbocycles. The summed E-state index contributed by atoms with van der Waals surface area (Å²) in [5, 5.41) is 1.58. The van der Waals surface area contributed by atoms with Crippen molar-refractivity contribution in [1.82, 2.24) is 4.98 Å². The monoisotopic (exact) mass is 251 g/mol. The predicted molar refractivity (Wildman–Crippen MR) is 67.3 cm³/mol. The topological polar surface area (TPSA) is 30.0 Å². The van der Waals surface area contributed by atoms with Crippen molar-refractivity contribution in [2.24, 2.45) is 0 Å². The van der Waals surface area contributed by atoms with Gasteiger partial charge in [0.15, 0.2) is 5.78 Å². The van der Waals surface area contributed by atoms with E-state index in [9.17, 15) is 4.79 Å². The van der Waals surface area contributed by atoms with E-state index in [2.05, 4.69) is 4.98 Å². The Morgan fingerprint density at radius 2 is 1.94 bits per heavy atom. The Balaban J connectivity index is 2.55. The molecule has 0 fully saturated rings. The fraction of sp³-hybridized carbons (Fsp3) is 0.167. The second-order valence-electron chi connectivity index (χ2n) is 3.47. The van der Waals surface area contributed by atoms with Crippen LogP contribution in [-0.4, -0.2) is 10.8 Å². The lowest BCUT2D eigenvalue weighted by atomic mass is 10.1. The van der Waals surface area contributed by atoms with E-state index in [1.54, 1.807) is 19.1 Å². The number of hydrogen-bond donors (Lipinski definition) is 0. The Hall–Kier alpha value is -1.19. The quantitative estimate of drug-likeness (QED) is 0.756. The second-order valence-corrected chi connectivity index (χ2v) is 5.11. The van der Waals surface area contributed by atoms with E-state index in [1.165, 1.54) is 11.3 Å². The first-order chi connectivity index (χ1) is 7.58. The molecule has 1 heterocycles. The molecule has 0 atom stereocenters. The molecule has 2 nitrogen and oxygen atoms in total. The van der Waals surface area contributed by atoms with Crippen LogP contribution in [0.1, 0.15) is 21.6 Å². The summed E-state index contributed by atoms with van der Waals surface area (Å²) in [6.07, 6.45) is 0. The summed E-state index contributed by atoms with van der Waals surface area (Å²) in [7, 11) is 0. The number of thiazole rings is 1. The van der Waals surface area contributed by atoms with Gasteiger partial charge in [0.05, 0.1) is 15.6 Å². The molecule has 4 heteroatoms. The van der Waals surface area contributed by atoms with Crippen molar-refractivity contribution >= 4 is 28.7 Å². The highest BCUT2D eigenvalue weighted by Gasteiger charge is 2.14. The van der Waals surface area contributed by atoms with Gasteiger partial charge in [-0.3, -0.25) is 4.79 Å². The van der Waals surface area contributed by atoms with Crippen LogP contribution in [0.15, 0.2) is 24.3 Å². The van der Waals surface area contributed by atoms with Crippen LogP contribution in [0.5, 0.6) is 0 Å². The third kappa shape index (κ3) is 2.15. The maximum absolute atomic E-state index is 11.5. The molecular formula is C12H10ClNOS. The number of rotatable bonds is 2. The van der Waals surface area contributed by atoms with E-state index in [1.807, 2.05) is 19.1 Å². The Morgan fingerprint density at radius 1 is 1.31 bits per heavy atom. The standard InChI is InChI=1S/C12H10ClNOS/c1-7(15)12-11(14-8(2)16-12)9-3-5-10(13)6-4-9/h3-6H,1-2H3. The minimum atomic E-state index is 0.0514. The van der Waals surface area contributed by atoms with Gasteiger partial charge < -0.3 is 0 Å². The number of carbonyl (C=O) groups is 1. The van der Waals surface area contributed by atoms with E-state index in [-0.39, 0.29) is 5.78 Å². The first-order valence-electron chi connectivity index (χ1n) is 4.82. The molecule has 0 saturated heterocycles. The summed E-state index contributed by atoms with van der Waals surface area (Å²) in [5.74, 6) is 0.0514. The third-order valence-corrected chi connectivity index (χ3v) is 3.50. The van der Waals surface area contributed by atoms with Gasteiger partial charge in [-0.2, -0.15) is 0 Å². The number of carbonyl (C=O) groups excluding carboxylic acids is 1. The molecule has 2 aromatic rings. The highest BCUT2D eigenvalue weighted by Crippen LogP contribution is 2.29. The van der Waals surface area contributed by atoms with E-state index in [0.717, 1.165) is 16.3 Å². The minimum Gasteiger partial charge on any atom is -0.294 e. The Morgan fingerprint density at radius 3 is 2.50 bits per heavy atom. The van der Waals surface area contributed by atoms with Gasteiger partial charge in [-0.25, -0.2) is 4.98 Å². The van der Waals surface area contributed by atoms with Gasteiger partial charge in [-0.05, 0) is 19.1 Å². The smallest absolute Gasteiger partial charge is 0.172 e. The fourth-order valence-electron chi connectivity index (χ4n) is 1.47. The molecule has 1 aromatic heterocycles. The van der Waals surface area contributed by atoms with Crippen molar-refractivity contribution in [1.29, 1.82) is 0 Å². The molecule has 0 bridgehead atoms. The molecule has 1 aromatic carbocycles. The van der Waals surface area contributed by atoms with Crippen molar-refractivity contribution < 1.29 is 4.79 Å². The first kappa shape index (κ1) is 11.3. The van der Waals surface area contributed by atoms with E-state index in [0.29, 0.717) is 9.90 Å². The average molecular weight is 252 g/mol. The highest BCUT2D eigenvalue weighted by atomic mass is 35.5. The van der Waals surface area contributed by atoms with Gasteiger partial charge >= 0.3 is 0 Å². The summed E-state index contributed by atoms with van der Waals surface area (Å²) < 4.78 is 0. The lowest BCUT2D eigenvalue weighted by Gasteiger charge is -1.99. The number of benzene rings is 1. The third-order valence-electron chi connectivity index (χ3n) is 2.17. The number of aryl methyl sites for hydroxylation is 1. The van der Waals surface area contributed by atoms with Gasteiger partial charge in [0.2, 0.25) is 0 Å². The highest BCUT2D eigenvalue weighted by molar-refractivity contribution is 7.14. The number of nitrogens with zero attached hydrogens (tertiary/aromatic N) is 1. The van der Waals surface area contributed by atoms with Gasteiger partial charge in [-0.15, -0.1) is 11.3 Å². The molecule has 0 aliphatic rings. The Bertz CT molecular complexity index is 530. The maximum atomic E-state index is 11.5. The lowest BCUT2D eigenvalue weighted by molar-refractivity contribution is 0.102. The van der Waals surface area contributed by atoms with E-state index in [4.69, 9.17) is 11.6 Å². The maximum Gasteiger partial charge on any atom is 0.172 e. The van der Waals surface area contributed by atoms with Crippen LogP contribution in [-0.2, 0) is 0 Å². The number of Topliss-reactive ketones (excluding diaryl/α,β-unsaturated/α-hetero) is 1. The van der Waals surface area contributed by atoms with Crippen LogP contribution in [0.4, 0.5) is 0 Å². The summed E-state index contributed by atoms with van der Waals surface area (Å²) in [6.45, 7) is 3.46. The molecule has 0 unspecified atom stereocenters. The van der Waals surface area contributed by atoms with Crippen molar-refractivity contribution in [2.75, 3.05) is 0 Å². The van der Waals surface area contributed by atoms with Crippen molar-refractivity contribution in [2.45, 2.75) is 13.8 Å². The molecule has 2 rings (SSSR count). The molecule has 82 valence electrons. The largest absolute Gasteiger partial charge is 0.294 e. The number of aromatic nitrogens is 1. The number of halogens is 1. The van der Waals surface area contributed by atoms with Crippen LogP contribution < -0.4 is 0 Å². The molecule has 16 heavy (non-hydrogen) atoms. The first-order valence-corrected chi connectivity index (χ1v) is 6.01. The van der Waals surface area contributed by atoms with Crippen LogP contribution in [0.25, 0.3) is 11.3 Å². The Kier molecular flexibility index (Phi) is 3.08. The second kappa shape index (κ2) is 4.36.